The zero-order valence-corrected chi connectivity index (χ0v) is 12.0. The molecule has 4 nitrogen and oxygen atoms in total. The van der Waals surface area contributed by atoms with Gasteiger partial charge in [0.25, 0.3) is 0 Å². The molecule has 5 heteroatoms. The van der Waals surface area contributed by atoms with E-state index >= 15 is 0 Å². The lowest BCUT2D eigenvalue weighted by molar-refractivity contribution is 0.0968. The highest BCUT2D eigenvalue weighted by atomic mass is 32.2. The first kappa shape index (κ1) is 15.6. The number of hydrogen-bond donors (Lipinski definition) is 1. The summed E-state index contributed by atoms with van der Waals surface area (Å²) in [6.07, 6.45) is 1.93. The largest absolute Gasteiger partial charge is 0.294 e. The van der Waals surface area contributed by atoms with Gasteiger partial charge in [0.05, 0.1) is 4.90 Å². The van der Waals surface area contributed by atoms with E-state index in [0.717, 1.165) is 0 Å². The molecule has 0 aliphatic carbocycles. The Kier molecular flexibility index (Phi) is 5.44. The van der Waals surface area contributed by atoms with E-state index in [4.69, 9.17) is 0 Å². The fourth-order valence-corrected chi connectivity index (χ4v) is 2.56. The molecule has 0 unspecified atom stereocenters. The summed E-state index contributed by atoms with van der Waals surface area (Å²) in [7, 11) is -3.52. The topological polar surface area (TPSA) is 63.2 Å². The van der Waals surface area contributed by atoms with Crippen LogP contribution in [0.1, 0.15) is 30.6 Å². The summed E-state index contributed by atoms with van der Waals surface area (Å²) in [5.74, 6) is 0.308. The number of carbonyl (C=O) groups is 1. The van der Waals surface area contributed by atoms with E-state index in [1.807, 2.05) is 13.8 Å². The maximum Gasteiger partial charge on any atom is 0.240 e. The molecule has 1 aromatic rings. The Morgan fingerprint density at radius 3 is 2.37 bits per heavy atom. The van der Waals surface area contributed by atoms with E-state index in [9.17, 15) is 13.2 Å². The summed E-state index contributed by atoms with van der Waals surface area (Å²) in [4.78, 5) is 12.0. The van der Waals surface area contributed by atoms with Crippen molar-refractivity contribution in [2.75, 3.05) is 6.54 Å². The molecule has 1 aromatic carbocycles. The predicted octanol–water partition coefficient (Wildman–Crippen LogP) is 2.38. The van der Waals surface area contributed by atoms with Crippen LogP contribution in [-0.2, 0) is 10.0 Å². The molecule has 0 atom stereocenters. The van der Waals surface area contributed by atoms with Gasteiger partial charge in [-0.05, 0) is 18.1 Å². The lowest BCUT2D eigenvalue weighted by Crippen LogP contribution is -2.23. The van der Waals surface area contributed by atoms with E-state index in [1.54, 1.807) is 12.1 Å². The smallest absolute Gasteiger partial charge is 0.240 e. The first-order valence-electron chi connectivity index (χ1n) is 6.10. The quantitative estimate of drug-likeness (QED) is 0.616. The van der Waals surface area contributed by atoms with Crippen LogP contribution in [0, 0.1) is 5.92 Å². The Balaban J connectivity index is 2.87. The number of Topliss-reactive ketones (excluding diaryl/α,β-unsaturated/α-hetero) is 1. The molecule has 104 valence electrons. The van der Waals surface area contributed by atoms with E-state index in [0.29, 0.717) is 12.0 Å². The van der Waals surface area contributed by atoms with E-state index in [1.165, 1.54) is 18.2 Å². The molecule has 0 saturated carbocycles. The summed E-state index contributed by atoms with van der Waals surface area (Å²) in [6, 6.07) is 5.98. The SMILES string of the molecule is C=CCNS(=O)(=O)c1ccc(C(=O)CC(C)C)cc1. The molecule has 0 radical (unpaired) electrons. The molecular formula is C14H19NO3S. The van der Waals surface area contributed by atoms with Crippen molar-refractivity contribution in [2.45, 2.75) is 25.2 Å². The van der Waals surface area contributed by atoms with Crippen LogP contribution in [0.15, 0.2) is 41.8 Å². The Morgan fingerprint density at radius 2 is 1.89 bits per heavy atom. The van der Waals surface area contributed by atoms with Gasteiger partial charge in [0.2, 0.25) is 10.0 Å². The zero-order chi connectivity index (χ0) is 14.5. The minimum atomic E-state index is -3.52. The molecule has 0 aliphatic heterocycles. The Bertz CT molecular complexity index is 545. The highest BCUT2D eigenvalue weighted by Crippen LogP contribution is 2.13. The number of nitrogens with one attached hydrogen (secondary N) is 1. The van der Waals surface area contributed by atoms with Gasteiger partial charge in [-0.25, -0.2) is 13.1 Å². The van der Waals surface area contributed by atoms with Crippen molar-refractivity contribution in [3.8, 4) is 0 Å². The first-order chi connectivity index (χ1) is 8.86. The van der Waals surface area contributed by atoms with Crippen LogP contribution in [0.3, 0.4) is 0 Å². The van der Waals surface area contributed by atoms with Crippen LogP contribution in [-0.4, -0.2) is 20.7 Å². The van der Waals surface area contributed by atoms with Gasteiger partial charge >= 0.3 is 0 Å². The number of hydrogen-bond acceptors (Lipinski definition) is 3. The van der Waals surface area contributed by atoms with Crippen molar-refractivity contribution in [3.63, 3.8) is 0 Å². The second-order valence-corrected chi connectivity index (χ2v) is 6.45. The first-order valence-corrected chi connectivity index (χ1v) is 7.59. The van der Waals surface area contributed by atoms with Gasteiger partial charge in [0.15, 0.2) is 5.78 Å². The molecule has 0 bridgehead atoms. The Morgan fingerprint density at radius 1 is 1.32 bits per heavy atom. The van der Waals surface area contributed by atoms with Gasteiger partial charge in [-0.1, -0.05) is 32.1 Å². The Labute approximate surface area is 114 Å². The summed E-state index contributed by atoms with van der Waals surface area (Å²) in [6.45, 7) is 7.56. The average molecular weight is 281 g/mol. The van der Waals surface area contributed by atoms with Crippen LogP contribution < -0.4 is 4.72 Å². The van der Waals surface area contributed by atoms with Gasteiger partial charge in [0, 0.05) is 18.5 Å². The number of sulfonamides is 1. The molecule has 0 fully saturated rings. The summed E-state index contributed by atoms with van der Waals surface area (Å²) >= 11 is 0. The average Bonchev–Trinajstić information content (AvgIpc) is 2.36. The van der Waals surface area contributed by atoms with Crippen LogP contribution in [0.4, 0.5) is 0 Å². The molecular weight excluding hydrogens is 262 g/mol. The molecule has 0 heterocycles. The molecule has 1 rings (SSSR count). The van der Waals surface area contributed by atoms with Gasteiger partial charge in [-0.3, -0.25) is 4.79 Å². The fourth-order valence-electron chi connectivity index (χ4n) is 1.56. The lowest BCUT2D eigenvalue weighted by Gasteiger charge is -2.07. The maximum absolute atomic E-state index is 11.8. The van der Waals surface area contributed by atoms with Gasteiger partial charge in [-0.15, -0.1) is 6.58 Å². The highest BCUT2D eigenvalue weighted by molar-refractivity contribution is 7.89. The van der Waals surface area contributed by atoms with Crippen molar-refractivity contribution >= 4 is 15.8 Å². The highest BCUT2D eigenvalue weighted by Gasteiger charge is 2.14. The molecule has 1 N–H and O–H groups in total. The van der Waals surface area contributed by atoms with Crippen molar-refractivity contribution in [3.05, 3.63) is 42.5 Å². The number of rotatable bonds is 7. The number of carbonyl (C=O) groups excluding carboxylic acids is 1. The molecule has 0 amide bonds. The minimum absolute atomic E-state index is 0.0259. The van der Waals surface area contributed by atoms with Crippen molar-refractivity contribution in [1.82, 2.24) is 4.72 Å². The summed E-state index contributed by atoms with van der Waals surface area (Å²) in [5.41, 5.74) is 0.538. The van der Waals surface area contributed by atoms with E-state index in [2.05, 4.69) is 11.3 Å². The maximum atomic E-state index is 11.8. The summed E-state index contributed by atoms with van der Waals surface area (Å²) in [5, 5.41) is 0. The second kappa shape index (κ2) is 6.63. The van der Waals surface area contributed by atoms with E-state index < -0.39 is 10.0 Å². The molecule has 0 aliphatic rings. The van der Waals surface area contributed by atoms with Crippen molar-refractivity contribution in [1.29, 1.82) is 0 Å². The molecule has 0 spiro atoms. The fraction of sp³-hybridized carbons (Fsp3) is 0.357. The normalized spacial score (nSPS) is 11.5. The molecule has 0 saturated heterocycles. The van der Waals surface area contributed by atoms with Crippen molar-refractivity contribution in [2.24, 2.45) is 5.92 Å². The van der Waals surface area contributed by atoms with Crippen LogP contribution in [0.5, 0.6) is 0 Å². The van der Waals surface area contributed by atoms with Crippen LogP contribution in [0.25, 0.3) is 0 Å². The zero-order valence-electron chi connectivity index (χ0n) is 11.2. The number of benzene rings is 1. The van der Waals surface area contributed by atoms with Gasteiger partial charge < -0.3 is 0 Å². The minimum Gasteiger partial charge on any atom is -0.294 e. The standard InChI is InChI=1S/C14H19NO3S/c1-4-9-15-19(17,18)13-7-5-12(6-8-13)14(16)10-11(2)3/h4-8,11,15H,1,9-10H2,2-3H3. The van der Waals surface area contributed by atoms with Crippen LogP contribution >= 0.6 is 0 Å². The third-order valence-electron chi connectivity index (χ3n) is 2.50. The van der Waals surface area contributed by atoms with Gasteiger partial charge in [0.1, 0.15) is 0 Å². The third kappa shape index (κ3) is 4.61. The predicted molar refractivity (Wildman–Crippen MR) is 75.6 cm³/mol. The molecule has 19 heavy (non-hydrogen) atoms. The molecule has 0 aromatic heterocycles. The Hall–Kier alpha value is -1.46. The van der Waals surface area contributed by atoms with Crippen LogP contribution in [0.2, 0.25) is 0 Å². The lowest BCUT2D eigenvalue weighted by atomic mass is 10.0. The number of ketones is 1. The summed E-state index contributed by atoms with van der Waals surface area (Å²) < 4.78 is 26.0. The third-order valence-corrected chi connectivity index (χ3v) is 3.94. The van der Waals surface area contributed by atoms with Crippen molar-refractivity contribution < 1.29 is 13.2 Å². The van der Waals surface area contributed by atoms with E-state index in [-0.39, 0.29) is 23.1 Å². The second-order valence-electron chi connectivity index (χ2n) is 4.69. The monoisotopic (exact) mass is 281 g/mol. The van der Waals surface area contributed by atoms with Gasteiger partial charge in [-0.2, -0.15) is 0 Å².